The second-order valence-electron chi connectivity index (χ2n) is 6.25. The molecule has 0 spiro atoms. The van der Waals surface area contributed by atoms with Crippen LogP contribution in [0.25, 0.3) is 0 Å². The van der Waals surface area contributed by atoms with Crippen molar-refractivity contribution in [3.63, 3.8) is 0 Å². The first-order chi connectivity index (χ1) is 13.0. The molecule has 0 saturated carbocycles. The predicted molar refractivity (Wildman–Crippen MR) is 106 cm³/mol. The molecule has 0 heterocycles. The van der Waals surface area contributed by atoms with E-state index in [0.29, 0.717) is 24.3 Å². The Morgan fingerprint density at radius 2 is 1.70 bits per heavy atom. The maximum absolute atomic E-state index is 13.6. The maximum Gasteiger partial charge on any atom is 0.253 e. The highest BCUT2D eigenvalue weighted by molar-refractivity contribution is 5.98. The van der Waals surface area contributed by atoms with Gasteiger partial charge in [-0.05, 0) is 43.2 Å². The number of rotatable bonds is 9. The maximum atomic E-state index is 13.6. The largest absolute Gasteiger partial charge is 0.374 e. The first-order valence-electron chi connectivity index (χ1n) is 9.22. The summed E-state index contributed by atoms with van der Waals surface area (Å²) < 4.78 is 13.6. The SMILES string of the molecule is CCCN(CCC)C(=O)c1cccc(NC(=O)CNc2ccccc2F)c1. The number of hydrogen-bond acceptors (Lipinski definition) is 3. The number of benzene rings is 2. The third kappa shape index (κ3) is 6.09. The van der Waals surface area contributed by atoms with Crippen molar-refractivity contribution in [2.24, 2.45) is 0 Å². The van der Waals surface area contributed by atoms with Gasteiger partial charge >= 0.3 is 0 Å². The number of hydrogen-bond donors (Lipinski definition) is 2. The van der Waals surface area contributed by atoms with Crippen molar-refractivity contribution in [2.45, 2.75) is 26.7 Å². The van der Waals surface area contributed by atoms with Crippen molar-refractivity contribution in [3.05, 3.63) is 59.9 Å². The average molecular weight is 371 g/mol. The lowest BCUT2D eigenvalue weighted by molar-refractivity contribution is -0.114. The first kappa shape index (κ1) is 20.4. The molecule has 0 unspecified atom stereocenters. The fourth-order valence-electron chi connectivity index (χ4n) is 2.75. The molecule has 2 rings (SSSR count). The van der Waals surface area contributed by atoms with E-state index in [-0.39, 0.29) is 24.0 Å². The number of nitrogens with one attached hydrogen (secondary N) is 2. The van der Waals surface area contributed by atoms with Crippen LogP contribution in [0.2, 0.25) is 0 Å². The molecular weight excluding hydrogens is 345 g/mol. The summed E-state index contributed by atoms with van der Waals surface area (Å²) in [5, 5.41) is 5.50. The molecule has 144 valence electrons. The summed E-state index contributed by atoms with van der Waals surface area (Å²) in [5.74, 6) is -0.772. The highest BCUT2D eigenvalue weighted by atomic mass is 19.1. The Balaban J connectivity index is 1.99. The number of carbonyl (C=O) groups is 2. The average Bonchev–Trinajstić information content (AvgIpc) is 2.67. The number of nitrogens with zero attached hydrogens (tertiary/aromatic N) is 1. The first-order valence-corrected chi connectivity index (χ1v) is 9.22. The van der Waals surface area contributed by atoms with Crippen LogP contribution in [0, 0.1) is 5.82 Å². The Kier molecular flexibility index (Phi) is 7.79. The summed E-state index contributed by atoms with van der Waals surface area (Å²) in [4.78, 5) is 26.6. The summed E-state index contributed by atoms with van der Waals surface area (Å²) in [6, 6.07) is 13.0. The van der Waals surface area contributed by atoms with E-state index in [2.05, 4.69) is 10.6 Å². The van der Waals surface area contributed by atoms with Gasteiger partial charge < -0.3 is 15.5 Å². The summed E-state index contributed by atoms with van der Waals surface area (Å²) in [6.45, 7) is 5.41. The smallest absolute Gasteiger partial charge is 0.253 e. The summed E-state index contributed by atoms with van der Waals surface area (Å²) in [6.07, 6.45) is 1.79. The summed E-state index contributed by atoms with van der Waals surface area (Å²) >= 11 is 0. The minimum Gasteiger partial charge on any atom is -0.374 e. The Labute approximate surface area is 159 Å². The van der Waals surface area contributed by atoms with Gasteiger partial charge in [-0.1, -0.05) is 32.0 Å². The van der Waals surface area contributed by atoms with Crippen LogP contribution in [-0.4, -0.2) is 36.3 Å². The Bertz CT molecular complexity index is 774. The van der Waals surface area contributed by atoms with E-state index in [0.717, 1.165) is 12.8 Å². The molecule has 0 saturated heterocycles. The lowest BCUT2D eigenvalue weighted by Gasteiger charge is -2.21. The molecule has 0 aliphatic rings. The standard InChI is InChI=1S/C21H26FN3O2/c1-3-12-25(13-4-2)21(27)16-8-7-9-17(14-16)24-20(26)15-23-19-11-6-5-10-18(19)22/h5-11,14,23H,3-4,12-13,15H2,1-2H3,(H,24,26). The number of anilines is 2. The molecule has 0 atom stereocenters. The van der Waals surface area contributed by atoms with Crippen LogP contribution in [0.3, 0.4) is 0 Å². The fourth-order valence-corrected chi connectivity index (χ4v) is 2.75. The molecule has 0 fully saturated rings. The molecule has 6 heteroatoms. The summed E-state index contributed by atoms with van der Waals surface area (Å²) in [5.41, 5.74) is 1.34. The highest BCUT2D eigenvalue weighted by Crippen LogP contribution is 2.15. The van der Waals surface area contributed by atoms with Crippen LogP contribution < -0.4 is 10.6 Å². The van der Waals surface area contributed by atoms with Crippen LogP contribution in [0.1, 0.15) is 37.0 Å². The monoisotopic (exact) mass is 371 g/mol. The van der Waals surface area contributed by atoms with Crippen LogP contribution in [-0.2, 0) is 4.79 Å². The van der Waals surface area contributed by atoms with Crippen molar-refractivity contribution in [1.82, 2.24) is 4.90 Å². The molecule has 5 nitrogen and oxygen atoms in total. The van der Waals surface area contributed by atoms with E-state index in [1.54, 1.807) is 42.5 Å². The fraction of sp³-hybridized carbons (Fsp3) is 0.333. The van der Waals surface area contributed by atoms with Gasteiger partial charge in [-0.25, -0.2) is 4.39 Å². The normalized spacial score (nSPS) is 10.3. The van der Waals surface area contributed by atoms with Crippen molar-refractivity contribution in [3.8, 4) is 0 Å². The lowest BCUT2D eigenvalue weighted by atomic mass is 10.1. The number of carbonyl (C=O) groups excluding carboxylic acids is 2. The third-order valence-electron chi connectivity index (χ3n) is 3.98. The number of halogens is 1. The van der Waals surface area contributed by atoms with Gasteiger partial charge in [-0.3, -0.25) is 9.59 Å². The summed E-state index contributed by atoms with van der Waals surface area (Å²) in [7, 11) is 0. The van der Waals surface area contributed by atoms with Crippen LogP contribution in [0.4, 0.5) is 15.8 Å². The molecule has 27 heavy (non-hydrogen) atoms. The lowest BCUT2D eigenvalue weighted by Crippen LogP contribution is -2.32. The van der Waals surface area contributed by atoms with Gasteiger partial charge in [0.05, 0.1) is 12.2 Å². The molecular formula is C21H26FN3O2. The van der Waals surface area contributed by atoms with Gasteiger partial charge in [0.25, 0.3) is 5.91 Å². The van der Waals surface area contributed by atoms with Crippen molar-refractivity contribution < 1.29 is 14.0 Å². The molecule has 0 aliphatic heterocycles. The minimum atomic E-state index is -0.412. The van der Waals surface area contributed by atoms with Crippen LogP contribution in [0.15, 0.2) is 48.5 Å². The topological polar surface area (TPSA) is 61.4 Å². The Hall–Kier alpha value is -2.89. The molecule has 0 aliphatic carbocycles. The van der Waals surface area contributed by atoms with E-state index in [9.17, 15) is 14.0 Å². The molecule has 2 amide bonds. The molecule has 2 aromatic carbocycles. The second kappa shape index (κ2) is 10.3. The van der Waals surface area contributed by atoms with E-state index in [1.165, 1.54) is 6.07 Å². The van der Waals surface area contributed by atoms with Gasteiger partial charge in [-0.15, -0.1) is 0 Å². The molecule has 0 radical (unpaired) electrons. The molecule has 0 bridgehead atoms. The Morgan fingerprint density at radius 3 is 2.37 bits per heavy atom. The van der Waals surface area contributed by atoms with Gasteiger partial charge in [0.1, 0.15) is 5.82 Å². The van der Waals surface area contributed by atoms with Gasteiger partial charge in [0, 0.05) is 24.3 Å². The molecule has 2 N–H and O–H groups in total. The number of amides is 2. The van der Waals surface area contributed by atoms with Gasteiger partial charge in [-0.2, -0.15) is 0 Å². The van der Waals surface area contributed by atoms with Gasteiger partial charge in [0.15, 0.2) is 0 Å². The van der Waals surface area contributed by atoms with Crippen LogP contribution in [0.5, 0.6) is 0 Å². The zero-order valence-electron chi connectivity index (χ0n) is 15.8. The van der Waals surface area contributed by atoms with Crippen molar-refractivity contribution >= 4 is 23.2 Å². The van der Waals surface area contributed by atoms with E-state index in [4.69, 9.17) is 0 Å². The van der Waals surface area contributed by atoms with E-state index in [1.807, 2.05) is 18.7 Å². The third-order valence-corrected chi connectivity index (χ3v) is 3.98. The van der Waals surface area contributed by atoms with Crippen LogP contribution >= 0.6 is 0 Å². The zero-order chi connectivity index (χ0) is 19.6. The number of para-hydroxylation sites is 1. The second-order valence-corrected chi connectivity index (χ2v) is 6.25. The molecule has 2 aromatic rings. The van der Waals surface area contributed by atoms with Crippen molar-refractivity contribution in [2.75, 3.05) is 30.3 Å². The molecule has 0 aromatic heterocycles. The van der Waals surface area contributed by atoms with Crippen molar-refractivity contribution in [1.29, 1.82) is 0 Å². The van der Waals surface area contributed by atoms with E-state index >= 15 is 0 Å². The highest BCUT2D eigenvalue weighted by Gasteiger charge is 2.15. The zero-order valence-corrected chi connectivity index (χ0v) is 15.8. The van der Waals surface area contributed by atoms with E-state index < -0.39 is 5.82 Å². The Morgan fingerprint density at radius 1 is 1.00 bits per heavy atom. The van der Waals surface area contributed by atoms with Gasteiger partial charge in [0.2, 0.25) is 5.91 Å². The minimum absolute atomic E-state index is 0.0423. The quantitative estimate of drug-likeness (QED) is 0.696. The predicted octanol–water partition coefficient (Wildman–Crippen LogP) is 4.14.